The van der Waals surface area contributed by atoms with Gasteiger partial charge < -0.3 is 19.0 Å². The van der Waals surface area contributed by atoms with Crippen molar-refractivity contribution in [2.75, 3.05) is 6.61 Å². The van der Waals surface area contributed by atoms with Gasteiger partial charge in [0, 0.05) is 17.0 Å². The third-order valence-electron chi connectivity index (χ3n) is 6.37. The fourth-order valence-corrected chi connectivity index (χ4v) is 4.23. The molecule has 1 N–H and O–H groups in total. The van der Waals surface area contributed by atoms with Gasteiger partial charge in [-0.3, -0.25) is 0 Å². The van der Waals surface area contributed by atoms with Gasteiger partial charge in [-0.25, -0.2) is 9.48 Å². The third-order valence-corrected chi connectivity index (χ3v) is 6.37. The van der Waals surface area contributed by atoms with Gasteiger partial charge in [0.2, 0.25) is 0 Å². The number of aromatic nitrogens is 3. The van der Waals surface area contributed by atoms with Gasteiger partial charge in [0.25, 0.3) is 0 Å². The van der Waals surface area contributed by atoms with E-state index in [-0.39, 0.29) is 25.4 Å². The molecule has 2 heterocycles. The summed E-state index contributed by atoms with van der Waals surface area (Å²) in [6.07, 6.45) is 6.09. The lowest BCUT2D eigenvalue weighted by Crippen LogP contribution is -2.24. The number of hydrogen-bond donors (Lipinski definition) is 1. The molecule has 4 aromatic rings. The maximum Gasteiger partial charge on any atom is 0.339 e. The van der Waals surface area contributed by atoms with Crippen LogP contribution in [-0.4, -0.2) is 32.8 Å². The Kier molecular flexibility index (Phi) is 8.95. The zero-order valence-corrected chi connectivity index (χ0v) is 21.8. The molecular formula is C29H35N3O5. The summed E-state index contributed by atoms with van der Waals surface area (Å²) in [5, 5.41) is 19.5. The zero-order chi connectivity index (χ0) is 26.2. The Morgan fingerprint density at radius 3 is 2.59 bits per heavy atom. The van der Waals surface area contributed by atoms with E-state index in [0.717, 1.165) is 47.9 Å². The van der Waals surface area contributed by atoms with Crippen molar-refractivity contribution in [1.29, 1.82) is 0 Å². The molecule has 2 aromatic carbocycles. The van der Waals surface area contributed by atoms with Crippen molar-refractivity contribution in [1.82, 2.24) is 15.0 Å². The minimum Gasteiger partial charge on any atom is -0.491 e. The van der Waals surface area contributed by atoms with Crippen LogP contribution >= 0.6 is 0 Å². The van der Waals surface area contributed by atoms with E-state index >= 15 is 0 Å². The van der Waals surface area contributed by atoms with Crippen LogP contribution in [0.4, 0.5) is 0 Å². The first-order valence-corrected chi connectivity index (χ1v) is 12.9. The number of hydrogen-bond acceptors (Lipinski definition) is 7. The van der Waals surface area contributed by atoms with Gasteiger partial charge in [-0.2, -0.15) is 0 Å². The number of fused-ring (bicyclic) bond motifs is 1. The smallest absolute Gasteiger partial charge is 0.339 e. The van der Waals surface area contributed by atoms with E-state index < -0.39 is 6.10 Å². The summed E-state index contributed by atoms with van der Waals surface area (Å²) < 4.78 is 18.7. The summed E-state index contributed by atoms with van der Waals surface area (Å²) in [4.78, 5) is 12.6. The second-order valence-corrected chi connectivity index (χ2v) is 9.46. The minimum atomic E-state index is -0.803. The molecule has 1 atom stereocenters. The number of ether oxygens (including phenoxy) is 2. The lowest BCUT2D eigenvalue weighted by Gasteiger charge is -2.13. The molecule has 0 aliphatic heterocycles. The van der Waals surface area contributed by atoms with Crippen molar-refractivity contribution < 1.29 is 19.0 Å². The molecule has 37 heavy (non-hydrogen) atoms. The van der Waals surface area contributed by atoms with Gasteiger partial charge in [-0.15, -0.1) is 5.10 Å². The van der Waals surface area contributed by atoms with Crippen LogP contribution in [-0.2, 0) is 19.6 Å². The largest absolute Gasteiger partial charge is 0.491 e. The Labute approximate surface area is 216 Å². The highest BCUT2D eigenvalue weighted by molar-refractivity contribution is 5.82. The molecule has 0 amide bonds. The number of aryl methyl sites for hydroxylation is 2. The normalized spacial score (nSPS) is 12.1. The number of rotatable bonds is 13. The van der Waals surface area contributed by atoms with Crippen LogP contribution in [0.3, 0.4) is 0 Å². The summed E-state index contributed by atoms with van der Waals surface area (Å²) in [6.45, 7) is 6.73. The van der Waals surface area contributed by atoms with E-state index in [1.54, 1.807) is 16.9 Å². The first-order chi connectivity index (χ1) is 17.9. The lowest BCUT2D eigenvalue weighted by atomic mass is 10.0. The monoisotopic (exact) mass is 505 g/mol. The van der Waals surface area contributed by atoms with E-state index in [2.05, 4.69) is 17.2 Å². The SMILES string of the molecule is CCCCCCc1c(C)c2ccc(OCC(O)Cn3cc(COc4ccc(C)cc4)nn3)cc2oc1=O. The highest BCUT2D eigenvalue weighted by Crippen LogP contribution is 2.25. The maximum absolute atomic E-state index is 12.6. The average Bonchev–Trinajstić information content (AvgIpc) is 3.33. The molecule has 0 fully saturated rings. The van der Waals surface area contributed by atoms with Crippen LogP contribution in [0.2, 0.25) is 0 Å². The zero-order valence-electron chi connectivity index (χ0n) is 21.8. The van der Waals surface area contributed by atoms with Crippen LogP contribution < -0.4 is 15.1 Å². The van der Waals surface area contributed by atoms with E-state index in [1.165, 1.54) is 12.0 Å². The van der Waals surface area contributed by atoms with Gasteiger partial charge in [0.05, 0.1) is 12.7 Å². The number of unbranched alkanes of at least 4 members (excludes halogenated alkanes) is 3. The second kappa shape index (κ2) is 12.5. The number of aliphatic hydroxyl groups excluding tert-OH is 1. The van der Waals surface area contributed by atoms with Crippen molar-refractivity contribution in [2.45, 2.75) is 72.1 Å². The van der Waals surface area contributed by atoms with Crippen molar-refractivity contribution in [2.24, 2.45) is 0 Å². The second-order valence-electron chi connectivity index (χ2n) is 9.46. The molecule has 8 nitrogen and oxygen atoms in total. The Morgan fingerprint density at radius 2 is 1.81 bits per heavy atom. The number of benzene rings is 2. The molecule has 8 heteroatoms. The lowest BCUT2D eigenvalue weighted by molar-refractivity contribution is 0.0888. The van der Waals surface area contributed by atoms with Gasteiger partial charge in [0.15, 0.2) is 0 Å². The molecule has 0 radical (unpaired) electrons. The standard InChI is InChI=1S/C29H35N3O5/c1-4-5-6-7-8-27-21(3)26-14-13-25(15-28(26)37-29(27)34)36-19-23(33)17-32-16-22(30-31-32)18-35-24-11-9-20(2)10-12-24/h9-16,23,33H,4-8,17-19H2,1-3H3. The number of nitrogens with zero attached hydrogens (tertiary/aromatic N) is 3. The summed E-state index contributed by atoms with van der Waals surface area (Å²) in [7, 11) is 0. The van der Waals surface area contributed by atoms with Gasteiger partial charge in [-0.1, -0.05) is 49.1 Å². The van der Waals surface area contributed by atoms with Gasteiger partial charge in [0.1, 0.15) is 42.1 Å². The van der Waals surface area contributed by atoms with Crippen LogP contribution in [0, 0.1) is 13.8 Å². The highest BCUT2D eigenvalue weighted by Gasteiger charge is 2.13. The summed E-state index contributed by atoms with van der Waals surface area (Å²) in [5.74, 6) is 1.29. The maximum atomic E-state index is 12.6. The Balaban J connectivity index is 1.30. The van der Waals surface area contributed by atoms with Gasteiger partial charge in [-0.05, 0) is 56.5 Å². The van der Waals surface area contributed by atoms with E-state index in [4.69, 9.17) is 13.9 Å². The first kappa shape index (κ1) is 26.4. The van der Waals surface area contributed by atoms with Crippen molar-refractivity contribution in [3.8, 4) is 11.5 Å². The Bertz CT molecular complexity index is 1360. The average molecular weight is 506 g/mol. The summed E-state index contributed by atoms with van der Waals surface area (Å²) in [5.41, 5.74) is 3.75. The quantitative estimate of drug-likeness (QED) is 0.198. The fourth-order valence-electron chi connectivity index (χ4n) is 4.23. The Morgan fingerprint density at radius 1 is 1.03 bits per heavy atom. The van der Waals surface area contributed by atoms with Crippen LogP contribution in [0.25, 0.3) is 11.0 Å². The molecule has 0 saturated heterocycles. The number of aliphatic hydroxyl groups is 1. The molecule has 2 aromatic heterocycles. The van der Waals surface area contributed by atoms with Crippen molar-refractivity contribution in [3.63, 3.8) is 0 Å². The van der Waals surface area contributed by atoms with Gasteiger partial charge >= 0.3 is 5.63 Å². The first-order valence-electron chi connectivity index (χ1n) is 12.9. The molecule has 0 bridgehead atoms. The molecule has 1 unspecified atom stereocenters. The van der Waals surface area contributed by atoms with Crippen LogP contribution in [0.5, 0.6) is 11.5 Å². The predicted molar refractivity (Wildman–Crippen MR) is 142 cm³/mol. The Hall–Kier alpha value is -3.65. The fraction of sp³-hybridized carbons (Fsp3) is 0.414. The molecule has 0 saturated carbocycles. The predicted octanol–water partition coefficient (Wildman–Crippen LogP) is 5.14. The molecule has 4 rings (SSSR count). The molecule has 0 spiro atoms. The van der Waals surface area contributed by atoms with Crippen LogP contribution in [0.15, 0.2) is 57.9 Å². The van der Waals surface area contributed by atoms with Crippen LogP contribution in [0.1, 0.15) is 55.0 Å². The summed E-state index contributed by atoms with van der Waals surface area (Å²) >= 11 is 0. The molecule has 0 aliphatic carbocycles. The molecule has 0 aliphatic rings. The van der Waals surface area contributed by atoms with Crippen molar-refractivity contribution in [3.05, 3.63) is 81.5 Å². The topological polar surface area (TPSA) is 99.6 Å². The van der Waals surface area contributed by atoms with E-state index in [0.29, 0.717) is 17.0 Å². The molecule has 196 valence electrons. The van der Waals surface area contributed by atoms with Crippen molar-refractivity contribution >= 4 is 11.0 Å². The summed E-state index contributed by atoms with van der Waals surface area (Å²) in [6, 6.07) is 13.2. The van der Waals surface area contributed by atoms with E-state index in [9.17, 15) is 9.90 Å². The third kappa shape index (κ3) is 7.20. The van der Waals surface area contributed by atoms with E-state index in [1.807, 2.05) is 50.2 Å². The highest BCUT2D eigenvalue weighted by atomic mass is 16.5. The molecular weight excluding hydrogens is 470 g/mol. The minimum absolute atomic E-state index is 0.0549.